The first-order chi connectivity index (χ1) is 8.49. The molecule has 0 saturated heterocycles. The average Bonchev–Trinajstić information content (AvgIpc) is 1.86. The van der Waals surface area contributed by atoms with Gasteiger partial charge in [0.25, 0.3) is 0 Å². The van der Waals surface area contributed by atoms with E-state index in [2.05, 4.69) is 74.3 Å². The summed E-state index contributed by atoms with van der Waals surface area (Å²) >= 11 is 0. The molecule has 0 saturated carbocycles. The van der Waals surface area contributed by atoms with Gasteiger partial charge in [-0.15, -0.1) is 0 Å². The maximum atomic E-state index is 6.66. The van der Waals surface area contributed by atoms with Crippen molar-refractivity contribution in [3.63, 3.8) is 0 Å². The molecule has 0 aromatic carbocycles. The monoisotopic (exact) mass is 334 g/mol. The van der Waals surface area contributed by atoms with Gasteiger partial charge in [-0.1, -0.05) is 41.5 Å². The minimum Gasteiger partial charge on any atom is -0.439 e. The van der Waals surface area contributed by atoms with E-state index in [0.29, 0.717) is 10.8 Å². The Morgan fingerprint density at radius 2 is 1.10 bits per heavy atom. The van der Waals surface area contributed by atoms with Crippen molar-refractivity contribution in [1.29, 1.82) is 0 Å². The van der Waals surface area contributed by atoms with Crippen LogP contribution in [-0.2, 0) is 8.23 Å². The Balaban J connectivity index is 4.87. The van der Waals surface area contributed by atoms with Crippen molar-refractivity contribution in [3.8, 4) is 0 Å². The molecule has 0 aromatic heterocycles. The van der Waals surface area contributed by atoms with Crippen molar-refractivity contribution in [2.75, 3.05) is 0 Å². The number of hydrogen-bond acceptors (Lipinski definition) is 2. The fraction of sp³-hybridized carbons (Fsp3) is 1.00. The van der Waals surface area contributed by atoms with Crippen LogP contribution >= 0.6 is 0 Å². The molecule has 2 nitrogen and oxygen atoms in total. The van der Waals surface area contributed by atoms with E-state index in [1.165, 1.54) is 12.1 Å². The van der Waals surface area contributed by atoms with E-state index in [1.807, 2.05) is 0 Å². The van der Waals surface area contributed by atoms with E-state index in [-0.39, 0.29) is 0 Å². The molecule has 0 fully saturated rings. The van der Waals surface area contributed by atoms with E-state index >= 15 is 0 Å². The summed E-state index contributed by atoms with van der Waals surface area (Å²) in [6.45, 7) is 25.2. The summed E-state index contributed by atoms with van der Waals surface area (Å²) in [5.74, 6) is 0. The third-order valence-corrected chi connectivity index (χ3v) is 14.1. The molecule has 0 rings (SSSR count). The molecule has 0 aliphatic heterocycles. The zero-order valence-electron chi connectivity index (χ0n) is 15.8. The van der Waals surface area contributed by atoms with Crippen LogP contribution in [-0.4, -0.2) is 25.9 Å². The smallest absolute Gasteiger partial charge is 0.310 e. The summed E-state index contributed by atoms with van der Waals surface area (Å²) in [6, 6.07) is 2.46. The molecule has 0 heterocycles. The van der Waals surface area contributed by atoms with Crippen LogP contribution in [0.1, 0.15) is 41.5 Å². The molecule has 0 spiro atoms. The first-order valence-corrected chi connectivity index (χ1v) is 16.2. The quantitative estimate of drug-likeness (QED) is 0.608. The Hall–Kier alpha value is 0.571. The van der Waals surface area contributed by atoms with E-state index in [9.17, 15) is 0 Å². The maximum Gasteiger partial charge on any atom is 0.310 e. The lowest BCUT2D eigenvalue weighted by Gasteiger charge is -2.38. The molecular weight excluding hydrogens is 296 g/mol. The van der Waals surface area contributed by atoms with E-state index in [0.717, 1.165) is 0 Å². The van der Waals surface area contributed by atoms with Crippen molar-refractivity contribution in [3.05, 3.63) is 0 Å². The summed E-state index contributed by atoms with van der Waals surface area (Å²) in [5, 5.41) is 0. The first kappa shape index (κ1) is 20.6. The topological polar surface area (TPSA) is 18.5 Å². The lowest BCUT2D eigenvalue weighted by molar-refractivity contribution is 0.360. The molecule has 0 aliphatic carbocycles. The Morgan fingerprint density at radius 3 is 1.35 bits per heavy atom. The van der Waals surface area contributed by atoms with Crippen LogP contribution in [0.4, 0.5) is 0 Å². The van der Waals surface area contributed by atoms with Crippen molar-refractivity contribution in [2.24, 2.45) is 10.8 Å². The second-order valence-corrected chi connectivity index (χ2v) is 20.7. The van der Waals surface area contributed by atoms with E-state index in [1.54, 1.807) is 0 Å². The summed E-state index contributed by atoms with van der Waals surface area (Å²) in [4.78, 5) is 0. The summed E-state index contributed by atoms with van der Waals surface area (Å²) < 4.78 is 13.0. The van der Waals surface area contributed by atoms with Crippen molar-refractivity contribution >= 4 is 25.9 Å². The Morgan fingerprint density at radius 1 is 0.750 bits per heavy atom. The van der Waals surface area contributed by atoms with Gasteiger partial charge in [-0.3, -0.25) is 0 Å². The van der Waals surface area contributed by atoms with Gasteiger partial charge in [0.1, 0.15) is 0 Å². The molecular formula is C15H38O2Si3. The van der Waals surface area contributed by atoms with Gasteiger partial charge >= 0.3 is 8.56 Å². The Kier molecular flexibility index (Phi) is 6.96. The van der Waals surface area contributed by atoms with Gasteiger partial charge in [-0.25, -0.2) is 0 Å². The SMILES string of the molecule is CC(C)(C)C[SiH](CC(C)(C)C)O[Si](C)(C)O[Si](C)(C)C. The second-order valence-electron chi connectivity index (χ2n) is 9.88. The van der Waals surface area contributed by atoms with Gasteiger partial charge in [0, 0.05) is 0 Å². The standard InChI is InChI=1S/C15H38O2Si3/c1-14(2,3)12-18(13-15(4,5)6)16-20(10,11)17-19(7,8)9/h18H,12-13H2,1-11H3. The van der Waals surface area contributed by atoms with Crippen LogP contribution in [0.15, 0.2) is 0 Å². The largest absolute Gasteiger partial charge is 0.439 e. The molecule has 0 aliphatic rings. The molecule has 122 valence electrons. The summed E-state index contributed by atoms with van der Waals surface area (Å²) in [5.41, 5.74) is 0.706. The van der Waals surface area contributed by atoms with Crippen LogP contribution in [0.5, 0.6) is 0 Å². The molecule has 5 heteroatoms. The third-order valence-electron chi connectivity index (χ3n) is 2.68. The van der Waals surface area contributed by atoms with Crippen LogP contribution in [0.2, 0.25) is 44.8 Å². The van der Waals surface area contributed by atoms with Gasteiger partial charge < -0.3 is 8.23 Å². The van der Waals surface area contributed by atoms with Gasteiger partial charge in [-0.05, 0) is 55.7 Å². The van der Waals surface area contributed by atoms with E-state index < -0.39 is 25.9 Å². The highest BCUT2D eigenvalue weighted by Crippen LogP contribution is 2.32. The van der Waals surface area contributed by atoms with E-state index in [4.69, 9.17) is 8.23 Å². The highest BCUT2D eigenvalue weighted by Gasteiger charge is 2.36. The molecule has 0 N–H and O–H groups in total. The minimum atomic E-state index is -1.98. The van der Waals surface area contributed by atoms with Gasteiger partial charge in [0.05, 0.1) is 0 Å². The van der Waals surface area contributed by atoms with Crippen LogP contribution < -0.4 is 0 Å². The fourth-order valence-corrected chi connectivity index (χ4v) is 16.0. The van der Waals surface area contributed by atoms with Crippen molar-refractivity contribution in [2.45, 2.75) is 86.4 Å². The van der Waals surface area contributed by atoms with Gasteiger partial charge in [0.2, 0.25) is 0 Å². The fourth-order valence-electron chi connectivity index (χ4n) is 2.68. The predicted octanol–water partition coefficient (Wildman–Crippen LogP) is 5.37. The maximum absolute atomic E-state index is 6.66. The minimum absolute atomic E-state index is 0.353. The Labute approximate surface area is 131 Å². The van der Waals surface area contributed by atoms with Gasteiger partial charge in [-0.2, -0.15) is 0 Å². The van der Waals surface area contributed by atoms with Crippen molar-refractivity contribution < 1.29 is 8.23 Å². The lowest BCUT2D eigenvalue weighted by atomic mass is 10.00. The highest BCUT2D eigenvalue weighted by molar-refractivity contribution is 6.84. The number of rotatable bonds is 6. The van der Waals surface area contributed by atoms with Crippen LogP contribution in [0, 0.1) is 10.8 Å². The first-order valence-electron chi connectivity index (χ1n) is 7.87. The summed E-state index contributed by atoms with van der Waals surface area (Å²) in [6.07, 6.45) is 0. The molecule has 0 aromatic rings. The number of hydrogen-bond donors (Lipinski definition) is 0. The van der Waals surface area contributed by atoms with Crippen molar-refractivity contribution in [1.82, 2.24) is 0 Å². The molecule has 0 radical (unpaired) electrons. The lowest BCUT2D eigenvalue weighted by Crippen LogP contribution is -2.49. The Bertz CT molecular complexity index is 280. The highest BCUT2D eigenvalue weighted by atomic mass is 28.5. The van der Waals surface area contributed by atoms with Crippen LogP contribution in [0.3, 0.4) is 0 Å². The predicted molar refractivity (Wildman–Crippen MR) is 98.7 cm³/mol. The molecule has 0 atom stereocenters. The normalized spacial score (nSPS) is 15.0. The third kappa shape index (κ3) is 12.3. The second kappa shape index (κ2) is 6.77. The molecule has 0 amide bonds. The molecule has 0 unspecified atom stereocenters. The zero-order valence-corrected chi connectivity index (χ0v) is 19.0. The van der Waals surface area contributed by atoms with Crippen LogP contribution in [0.25, 0.3) is 0 Å². The molecule has 20 heavy (non-hydrogen) atoms. The zero-order chi connectivity index (χ0) is 16.4. The average molecular weight is 335 g/mol. The van der Waals surface area contributed by atoms with Gasteiger partial charge in [0.15, 0.2) is 17.4 Å². The molecule has 0 bridgehead atoms. The summed E-state index contributed by atoms with van der Waals surface area (Å²) in [7, 11) is -4.74.